The fourth-order valence-electron chi connectivity index (χ4n) is 4.20. The van der Waals surface area contributed by atoms with Crippen LogP contribution in [0, 0.1) is 0 Å². The van der Waals surface area contributed by atoms with Gasteiger partial charge in [-0.3, -0.25) is 0 Å². The molecule has 1 aliphatic heterocycles. The number of hydrogen-bond acceptors (Lipinski definition) is 2. The zero-order valence-corrected chi connectivity index (χ0v) is 16.6. The number of allylic oxidation sites excluding steroid dienone is 4. The van der Waals surface area contributed by atoms with Crippen LogP contribution >= 0.6 is 0 Å². The molecule has 4 rings (SSSR count). The van der Waals surface area contributed by atoms with Crippen molar-refractivity contribution < 1.29 is 0 Å². The molecule has 26 heavy (non-hydrogen) atoms. The SMILES string of the molecule is C[Si](C)(C)C1=CCCCC2C1=CCn1c(=O)n(-c3ccccc3)c(=O)n12. The van der Waals surface area contributed by atoms with Crippen LogP contribution in [0.4, 0.5) is 0 Å². The van der Waals surface area contributed by atoms with Crippen molar-refractivity contribution in [1.82, 2.24) is 13.9 Å². The maximum atomic E-state index is 13.2. The Hall–Kier alpha value is -2.34. The van der Waals surface area contributed by atoms with Crippen molar-refractivity contribution in [3.05, 3.63) is 74.2 Å². The highest BCUT2D eigenvalue weighted by Crippen LogP contribution is 2.38. The Morgan fingerprint density at radius 2 is 1.73 bits per heavy atom. The molecule has 1 unspecified atom stereocenters. The number of benzene rings is 1. The van der Waals surface area contributed by atoms with E-state index in [0.717, 1.165) is 19.3 Å². The van der Waals surface area contributed by atoms with Crippen LogP contribution in [0.15, 0.2) is 62.8 Å². The first-order chi connectivity index (χ1) is 12.4. The molecule has 136 valence electrons. The molecule has 1 aromatic heterocycles. The zero-order chi connectivity index (χ0) is 18.5. The predicted octanol–water partition coefficient (Wildman–Crippen LogP) is 3.27. The molecular formula is C20H25N3O2Si. The summed E-state index contributed by atoms with van der Waals surface area (Å²) in [6.45, 7) is 7.51. The quantitative estimate of drug-likeness (QED) is 0.765. The van der Waals surface area contributed by atoms with Gasteiger partial charge in [-0.2, -0.15) is 0 Å². The molecule has 1 atom stereocenters. The van der Waals surface area contributed by atoms with E-state index in [1.54, 1.807) is 9.36 Å². The zero-order valence-electron chi connectivity index (χ0n) is 15.6. The molecule has 0 N–H and O–H groups in total. The van der Waals surface area contributed by atoms with Crippen LogP contribution in [0.3, 0.4) is 0 Å². The highest BCUT2D eigenvalue weighted by atomic mass is 28.3. The van der Waals surface area contributed by atoms with Crippen molar-refractivity contribution in [2.24, 2.45) is 0 Å². The van der Waals surface area contributed by atoms with E-state index in [4.69, 9.17) is 0 Å². The minimum atomic E-state index is -1.52. The van der Waals surface area contributed by atoms with Crippen LogP contribution in [0.2, 0.25) is 19.6 Å². The highest BCUT2D eigenvalue weighted by Gasteiger charge is 2.35. The Morgan fingerprint density at radius 3 is 2.42 bits per heavy atom. The van der Waals surface area contributed by atoms with Crippen LogP contribution in [0.5, 0.6) is 0 Å². The summed E-state index contributed by atoms with van der Waals surface area (Å²) < 4.78 is 4.63. The third-order valence-electron chi connectivity index (χ3n) is 5.36. The Kier molecular flexibility index (Phi) is 4.03. The predicted molar refractivity (Wildman–Crippen MR) is 107 cm³/mol. The third kappa shape index (κ3) is 2.60. The van der Waals surface area contributed by atoms with Gasteiger partial charge in [-0.05, 0) is 37.0 Å². The van der Waals surface area contributed by atoms with Crippen LogP contribution in [-0.4, -0.2) is 22.0 Å². The molecule has 2 heterocycles. The second kappa shape index (κ2) is 6.12. The van der Waals surface area contributed by atoms with Gasteiger partial charge in [0.05, 0.1) is 26.3 Å². The van der Waals surface area contributed by atoms with E-state index >= 15 is 0 Å². The lowest BCUT2D eigenvalue weighted by Crippen LogP contribution is -2.37. The minimum absolute atomic E-state index is 0.0330. The summed E-state index contributed by atoms with van der Waals surface area (Å²) in [5.41, 5.74) is 1.43. The van der Waals surface area contributed by atoms with Gasteiger partial charge in [0.15, 0.2) is 0 Å². The van der Waals surface area contributed by atoms with Crippen LogP contribution in [0.1, 0.15) is 25.3 Å². The lowest BCUT2D eigenvalue weighted by Gasteiger charge is -2.31. The summed E-state index contributed by atoms with van der Waals surface area (Å²) in [6.07, 6.45) is 7.54. The Bertz CT molecular complexity index is 1020. The molecule has 0 saturated carbocycles. The van der Waals surface area contributed by atoms with Crippen molar-refractivity contribution in [2.45, 2.75) is 51.5 Å². The Labute approximate surface area is 153 Å². The lowest BCUT2D eigenvalue weighted by molar-refractivity contribution is 0.369. The Balaban J connectivity index is 1.90. The van der Waals surface area contributed by atoms with Gasteiger partial charge in [0.1, 0.15) is 0 Å². The largest absolute Gasteiger partial charge is 0.352 e. The summed E-state index contributed by atoms with van der Waals surface area (Å²) in [6, 6.07) is 9.18. The fourth-order valence-corrected chi connectivity index (χ4v) is 6.09. The van der Waals surface area contributed by atoms with Gasteiger partial charge in [0.25, 0.3) is 0 Å². The number of fused-ring (bicyclic) bond motifs is 3. The average molecular weight is 368 g/mol. The molecule has 2 aromatic rings. The first kappa shape index (κ1) is 17.1. The summed E-state index contributed by atoms with van der Waals surface area (Å²) in [5, 5.41) is 1.44. The van der Waals surface area contributed by atoms with Crippen LogP contribution < -0.4 is 11.4 Å². The topological polar surface area (TPSA) is 48.9 Å². The van der Waals surface area contributed by atoms with Gasteiger partial charge in [-0.25, -0.2) is 23.5 Å². The monoisotopic (exact) mass is 367 g/mol. The van der Waals surface area contributed by atoms with E-state index in [-0.39, 0.29) is 17.4 Å². The number of para-hydroxylation sites is 1. The molecule has 0 bridgehead atoms. The number of nitrogens with zero attached hydrogens (tertiary/aromatic N) is 3. The minimum Gasteiger partial charge on any atom is -0.245 e. The molecule has 6 heteroatoms. The van der Waals surface area contributed by atoms with Crippen LogP contribution in [-0.2, 0) is 6.54 Å². The maximum absolute atomic E-state index is 13.2. The average Bonchev–Trinajstić information content (AvgIpc) is 2.76. The van der Waals surface area contributed by atoms with Crippen molar-refractivity contribution in [2.75, 3.05) is 0 Å². The smallest absolute Gasteiger partial charge is 0.245 e. The van der Waals surface area contributed by atoms with Gasteiger partial charge < -0.3 is 0 Å². The van der Waals surface area contributed by atoms with E-state index in [0.29, 0.717) is 12.2 Å². The summed E-state index contributed by atoms with van der Waals surface area (Å²) in [4.78, 5) is 26.2. The van der Waals surface area contributed by atoms with Crippen molar-refractivity contribution in [1.29, 1.82) is 0 Å². The molecule has 0 spiro atoms. The van der Waals surface area contributed by atoms with Gasteiger partial charge >= 0.3 is 11.4 Å². The summed E-state index contributed by atoms with van der Waals surface area (Å²) >= 11 is 0. The normalized spacial score (nSPS) is 19.9. The second-order valence-electron chi connectivity index (χ2n) is 8.14. The third-order valence-corrected chi connectivity index (χ3v) is 7.47. The number of hydrogen-bond donors (Lipinski definition) is 0. The molecular weight excluding hydrogens is 342 g/mol. The number of rotatable bonds is 2. The van der Waals surface area contributed by atoms with Crippen molar-refractivity contribution in [3.8, 4) is 5.69 Å². The molecule has 0 fully saturated rings. The van der Waals surface area contributed by atoms with Gasteiger partial charge in [-0.1, -0.05) is 55.2 Å². The van der Waals surface area contributed by atoms with Gasteiger partial charge in [0.2, 0.25) is 0 Å². The van der Waals surface area contributed by atoms with E-state index < -0.39 is 8.07 Å². The standard InChI is InChI=1S/C20H25N3O2Si/c1-26(2,3)18-12-8-7-11-17-16(18)13-14-21-19(24)22(20(25)23(17)21)15-9-5-4-6-10-15/h4-6,9-10,12-13,17H,7-8,11,14H2,1-3H3. The molecule has 0 saturated heterocycles. The first-order valence-electron chi connectivity index (χ1n) is 9.30. The highest BCUT2D eigenvalue weighted by molar-refractivity contribution is 6.84. The fraction of sp³-hybridized carbons (Fsp3) is 0.400. The molecule has 1 aromatic carbocycles. The number of aromatic nitrogens is 3. The summed E-state index contributed by atoms with van der Waals surface area (Å²) in [7, 11) is -1.52. The molecule has 2 aliphatic rings. The lowest BCUT2D eigenvalue weighted by atomic mass is 10.0. The van der Waals surface area contributed by atoms with E-state index in [9.17, 15) is 9.59 Å². The molecule has 1 aliphatic carbocycles. The Morgan fingerprint density at radius 1 is 1.00 bits per heavy atom. The van der Waals surface area contributed by atoms with Gasteiger partial charge in [-0.15, -0.1) is 0 Å². The van der Waals surface area contributed by atoms with Gasteiger partial charge in [0, 0.05) is 0 Å². The molecule has 0 radical (unpaired) electrons. The molecule has 5 nitrogen and oxygen atoms in total. The summed E-state index contributed by atoms with van der Waals surface area (Å²) in [5.74, 6) is 0. The van der Waals surface area contributed by atoms with E-state index in [1.807, 2.05) is 30.3 Å². The van der Waals surface area contributed by atoms with Crippen molar-refractivity contribution in [3.63, 3.8) is 0 Å². The molecule has 0 amide bonds. The second-order valence-corrected chi connectivity index (χ2v) is 13.2. The van der Waals surface area contributed by atoms with E-state index in [1.165, 1.54) is 15.3 Å². The van der Waals surface area contributed by atoms with Crippen molar-refractivity contribution >= 4 is 8.07 Å². The maximum Gasteiger partial charge on any atom is 0.352 e. The first-order valence-corrected chi connectivity index (χ1v) is 12.8. The van der Waals surface area contributed by atoms with E-state index in [2.05, 4.69) is 31.8 Å². The van der Waals surface area contributed by atoms with Crippen LogP contribution in [0.25, 0.3) is 5.69 Å².